The zero-order valence-electron chi connectivity index (χ0n) is 12.8. The Morgan fingerprint density at radius 3 is 2.52 bits per heavy atom. The van der Waals surface area contributed by atoms with Gasteiger partial charge in [-0.2, -0.15) is 0 Å². The van der Waals surface area contributed by atoms with E-state index < -0.39 is 0 Å². The molecule has 2 aromatic rings. The Labute approximate surface area is 162 Å². The Hall–Kier alpha value is -0.300. The van der Waals surface area contributed by atoms with E-state index in [-0.39, 0.29) is 24.8 Å². The number of halogens is 3. The summed E-state index contributed by atoms with van der Waals surface area (Å²) in [5.41, 5.74) is 1.31. The Kier molecular flexibility index (Phi) is 8.90. The second-order valence-corrected chi connectivity index (χ2v) is 6.93. The van der Waals surface area contributed by atoms with Crippen molar-refractivity contribution >= 4 is 52.1 Å². The van der Waals surface area contributed by atoms with E-state index in [2.05, 4.69) is 55.8 Å². The monoisotopic (exact) mass is 438 g/mol. The minimum atomic E-state index is 0. The first-order chi connectivity index (χ1) is 10.3. The van der Waals surface area contributed by atoms with Crippen LogP contribution in [0, 0.1) is 0 Å². The van der Waals surface area contributed by atoms with Crippen molar-refractivity contribution in [2.75, 3.05) is 33.3 Å². The Morgan fingerprint density at radius 2 is 1.96 bits per heavy atom. The summed E-state index contributed by atoms with van der Waals surface area (Å²) in [7, 11) is 1.70. The third-order valence-electron chi connectivity index (χ3n) is 3.82. The molecule has 2 heterocycles. The molecule has 0 amide bonds. The van der Waals surface area contributed by atoms with E-state index in [9.17, 15) is 0 Å². The van der Waals surface area contributed by atoms with Crippen molar-refractivity contribution in [2.45, 2.75) is 6.04 Å². The Balaban J connectivity index is 0.00000132. The number of nitrogens with zero attached hydrogens (tertiary/aromatic N) is 1. The molecular weight excluding hydrogens is 419 g/mol. The molecule has 0 saturated carbocycles. The molecular formula is C16H21BrCl2N2OS. The van der Waals surface area contributed by atoms with Gasteiger partial charge in [-0.25, -0.2) is 0 Å². The van der Waals surface area contributed by atoms with Gasteiger partial charge in [0.2, 0.25) is 0 Å². The van der Waals surface area contributed by atoms with Crippen molar-refractivity contribution in [2.24, 2.45) is 0 Å². The number of hydrogen-bond acceptors (Lipinski definition) is 4. The van der Waals surface area contributed by atoms with Crippen molar-refractivity contribution in [3.63, 3.8) is 0 Å². The van der Waals surface area contributed by atoms with Gasteiger partial charge in [-0.3, -0.25) is 4.90 Å². The average Bonchev–Trinajstić information content (AvgIpc) is 3.03. The van der Waals surface area contributed by atoms with Crippen LogP contribution < -0.4 is 10.1 Å². The first-order valence-corrected chi connectivity index (χ1v) is 8.78. The highest BCUT2D eigenvalue weighted by atomic mass is 79.9. The molecule has 1 aliphatic heterocycles. The van der Waals surface area contributed by atoms with Crippen LogP contribution in [0.3, 0.4) is 0 Å². The van der Waals surface area contributed by atoms with Crippen LogP contribution in [-0.2, 0) is 0 Å². The van der Waals surface area contributed by atoms with Crippen molar-refractivity contribution < 1.29 is 4.74 Å². The fourth-order valence-electron chi connectivity index (χ4n) is 2.79. The molecule has 0 spiro atoms. The van der Waals surface area contributed by atoms with Crippen LogP contribution in [0.2, 0.25) is 0 Å². The maximum atomic E-state index is 5.35. The fraction of sp³-hybridized carbons (Fsp3) is 0.375. The molecule has 0 radical (unpaired) electrons. The molecule has 0 aliphatic carbocycles. The second-order valence-electron chi connectivity index (χ2n) is 5.10. The van der Waals surface area contributed by atoms with Gasteiger partial charge < -0.3 is 10.1 Å². The summed E-state index contributed by atoms with van der Waals surface area (Å²) in [6.45, 7) is 4.26. The zero-order chi connectivity index (χ0) is 14.7. The highest BCUT2D eigenvalue weighted by molar-refractivity contribution is 9.10. The number of methoxy groups -OCH3 is 1. The molecule has 0 bridgehead atoms. The van der Waals surface area contributed by atoms with Crippen LogP contribution in [0.25, 0.3) is 0 Å². The molecule has 0 unspecified atom stereocenters. The average molecular weight is 440 g/mol. The molecule has 1 aliphatic rings. The van der Waals surface area contributed by atoms with Crippen molar-refractivity contribution in [3.05, 3.63) is 50.6 Å². The van der Waals surface area contributed by atoms with Gasteiger partial charge in [0.25, 0.3) is 0 Å². The number of ether oxygens (including phenoxy) is 1. The predicted molar refractivity (Wildman–Crippen MR) is 106 cm³/mol. The molecule has 3 rings (SSSR count). The summed E-state index contributed by atoms with van der Waals surface area (Å²) >= 11 is 5.44. The van der Waals surface area contributed by atoms with Crippen LogP contribution in [0.1, 0.15) is 16.5 Å². The largest absolute Gasteiger partial charge is 0.496 e. The smallest absolute Gasteiger partial charge is 0.133 e. The minimum Gasteiger partial charge on any atom is -0.496 e. The second kappa shape index (κ2) is 9.87. The molecule has 1 aromatic heterocycles. The summed E-state index contributed by atoms with van der Waals surface area (Å²) in [5, 5.41) is 5.58. The quantitative estimate of drug-likeness (QED) is 0.765. The summed E-state index contributed by atoms with van der Waals surface area (Å²) in [6, 6.07) is 11.1. The van der Waals surface area contributed by atoms with Gasteiger partial charge in [-0.15, -0.1) is 36.2 Å². The summed E-state index contributed by atoms with van der Waals surface area (Å²) < 4.78 is 6.36. The molecule has 3 nitrogen and oxygen atoms in total. The topological polar surface area (TPSA) is 24.5 Å². The number of benzene rings is 1. The lowest BCUT2D eigenvalue weighted by Crippen LogP contribution is -2.45. The van der Waals surface area contributed by atoms with E-state index in [1.54, 1.807) is 7.11 Å². The highest BCUT2D eigenvalue weighted by Crippen LogP contribution is 2.35. The first-order valence-electron chi connectivity index (χ1n) is 7.11. The van der Waals surface area contributed by atoms with E-state index in [0.29, 0.717) is 6.04 Å². The third kappa shape index (κ3) is 4.84. The van der Waals surface area contributed by atoms with Crippen LogP contribution in [0.5, 0.6) is 5.75 Å². The molecule has 1 N–H and O–H groups in total. The minimum absolute atomic E-state index is 0. The maximum Gasteiger partial charge on any atom is 0.133 e. The lowest BCUT2D eigenvalue weighted by molar-refractivity contribution is 0.200. The molecule has 1 fully saturated rings. The number of piperazine rings is 1. The molecule has 1 saturated heterocycles. The van der Waals surface area contributed by atoms with Crippen LogP contribution in [0.4, 0.5) is 0 Å². The Bertz CT molecular complexity index is 592. The SMILES string of the molecule is COc1ccc([C@@H](c2cccs2)N2CCNCC2)cc1Br.Cl.Cl. The van der Waals surface area contributed by atoms with Gasteiger partial charge in [0, 0.05) is 31.1 Å². The first kappa shape index (κ1) is 20.7. The van der Waals surface area contributed by atoms with E-state index in [1.165, 1.54) is 10.4 Å². The molecule has 128 valence electrons. The number of hydrogen-bond donors (Lipinski definition) is 1. The number of nitrogens with one attached hydrogen (secondary N) is 1. The lowest BCUT2D eigenvalue weighted by Gasteiger charge is -2.35. The van der Waals surface area contributed by atoms with Gasteiger partial charge in [0.1, 0.15) is 5.75 Å². The van der Waals surface area contributed by atoms with Gasteiger partial charge >= 0.3 is 0 Å². The van der Waals surface area contributed by atoms with Crippen molar-refractivity contribution in [1.82, 2.24) is 10.2 Å². The molecule has 1 atom stereocenters. The standard InChI is InChI=1S/C16H19BrN2OS.2ClH/c1-20-14-5-4-12(11-13(14)17)16(15-3-2-10-21-15)19-8-6-18-7-9-19;;/h2-5,10-11,16,18H,6-9H2,1H3;2*1H/t16-;;/m0../s1. The molecule has 1 aromatic carbocycles. The Morgan fingerprint density at radius 1 is 1.22 bits per heavy atom. The summed E-state index contributed by atoms with van der Waals surface area (Å²) in [4.78, 5) is 3.95. The lowest BCUT2D eigenvalue weighted by atomic mass is 10.0. The van der Waals surface area contributed by atoms with E-state index in [4.69, 9.17) is 4.74 Å². The van der Waals surface area contributed by atoms with Crippen molar-refractivity contribution in [1.29, 1.82) is 0 Å². The number of thiophene rings is 1. The van der Waals surface area contributed by atoms with Crippen LogP contribution in [-0.4, -0.2) is 38.2 Å². The zero-order valence-corrected chi connectivity index (χ0v) is 16.9. The highest BCUT2D eigenvalue weighted by Gasteiger charge is 2.25. The van der Waals surface area contributed by atoms with Gasteiger partial charge in [0.15, 0.2) is 0 Å². The summed E-state index contributed by atoms with van der Waals surface area (Å²) in [5.74, 6) is 0.879. The number of rotatable bonds is 4. The fourth-order valence-corrected chi connectivity index (χ4v) is 4.24. The van der Waals surface area contributed by atoms with Gasteiger partial charge in [-0.1, -0.05) is 12.1 Å². The summed E-state index contributed by atoms with van der Waals surface area (Å²) in [6.07, 6.45) is 0. The third-order valence-corrected chi connectivity index (χ3v) is 5.37. The van der Waals surface area contributed by atoms with E-state index >= 15 is 0 Å². The molecule has 7 heteroatoms. The van der Waals surface area contributed by atoms with Crippen LogP contribution in [0.15, 0.2) is 40.2 Å². The van der Waals surface area contributed by atoms with Crippen LogP contribution >= 0.6 is 52.1 Å². The molecule has 23 heavy (non-hydrogen) atoms. The normalized spacial score (nSPS) is 16.1. The van der Waals surface area contributed by atoms with E-state index in [1.807, 2.05) is 17.4 Å². The van der Waals surface area contributed by atoms with Gasteiger partial charge in [0.05, 0.1) is 17.6 Å². The van der Waals surface area contributed by atoms with Gasteiger partial charge in [-0.05, 0) is 45.1 Å². The maximum absolute atomic E-state index is 5.35. The van der Waals surface area contributed by atoms with Crippen molar-refractivity contribution in [3.8, 4) is 5.75 Å². The van der Waals surface area contributed by atoms with E-state index in [0.717, 1.165) is 36.4 Å². The predicted octanol–water partition coefficient (Wildman–Crippen LogP) is 4.36.